The zero-order chi connectivity index (χ0) is 24.8. The van der Waals surface area contributed by atoms with Crippen LogP contribution in [0.15, 0.2) is 24.4 Å². The first-order valence-corrected chi connectivity index (χ1v) is 12.7. The Balaban J connectivity index is 1.34. The number of halogens is 1. The molecule has 0 aliphatic carbocycles. The van der Waals surface area contributed by atoms with Crippen molar-refractivity contribution in [3.05, 3.63) is 35.5 Å². The summed E-state index contributed by atoms with van der Waals surface area (Å²) in [5.74, 6) is 1.26. The highest BCUT2D eigenvalue weighted by atomic mass is 19.1. The van der Waals surface area contributed by atoms with Gasteiger partial charge in [0.2, 0.25) is 0 Å². The molecule has 0 spiro atoms. The van der Waals surface area contributed by atoms with Crippen molar-refractivity contribution < 1.29 is 18.6 Å². The lowest BCUT2D eigenvalue weighted by molar-refractivity contribution is -0.0807. The molecule has 5 heterocycles. The van der Waals surface area contributed by atoms with Gasteiger partial charge in [-0.25, -0.2) is 9.07 Å². The van der Waals surface area contributed by atoms with Crippen LogP contribution in [0.5, 0.6) is 6.01 Å². The number of morpholine rings is 1. The summed E-state index contributed by atoms with van der Waals surface area (Å²) >= 11 is 0. The molecule has 3 aliphatic heterocycles. The molecule has 3 aliphatic rings. The van der Waals surface area contributed by atoms with Gasteiger partial charge in [-0.3, -0.25) is 4.90 Å². The molecule has 0 amide bonds. The molecule has 36 heavy (non-hydrogen) atoms. The second-order valence-corrected chi connectivity index (χ2v) is 10.1. The number of piperidine rings is 1. The third-order valence-electron chi connectivity index (χ3n) is 7.71. The number of rotatable bonds is 5. The SMILES string of the molecule is COc1nc(N2CCO[C@H](C)C2)cc(-n2ncc3cc(C)c([C@@H]4CCN(C5COC5)C[C@@H]4F)cc32)n1. The van der Waals surface area contributed by atoms with E-state index in [0.717, 1.165) is 67.1 Å². The number of hydrogen-bond donors (Lipinski definition) is 0. The van der Waals surface area contributed by atoms with Crippen LogP contribution in [-0.4, -0.2) is 96.1 Å². The highest BCUT2D eigenvalue weighted by Gasteiger charge is 2.36. The molecule has 10 heteroatoms. The molecule has 9 nitrogen and oxygen atoms in total. The van der Waals surface area contributed by atoms with E-state index in [2.05, 4.69) is 50.8 Å². The standard InChI is InChI=1S/C26H33FN6O3/c1-16-8-18-11-28-33(25-10-24(29-26(30-25)34-3)32-6-7-36-17(2)12-32)23(18)9-21(16)20-4-5-31(13-22(20)27)19-14-35-15-19/h8-11,17,19-20,22H,4-7,12-15H2,1-3H3/t17-,20+,22+/m1/s1. The minimum Gasteiger partial charge on any atom is -0.467 e. The van der Waals surface area contributed by atoms with E-state index in [1.54, 1.807) is 7.11 Å². The van der Waals surface area contributed by atoms with Gasteiger partial charge in [0.1, 0.15) is 12.0 Å². The summed E-state index contributed by atoms with van der Waals surface area (Å²) in [4.78, 5) is 13.6. The molecular weight excluding hydrogens is 463 g/mol. The maximum absolute atomic E-state index is 15.5. The largest absolute Gasteiger partial charge is 0.467 e. The Kier molecular flexibility index (Phi) is 6.27. The predicted octanol–water partition coefficient (Wildman–Crippen LogP) is 2.88. The average molecular weight is 497 g/mol. The molecule has 3 atom stereocenters. The predicted molar refractivity (Wildman–Crippen MR) is 134 cm³/mol. The molecule has 3 aromatic rings. The molecule has 3 saturated heterocycles. The third kappa shape index (κ3) is 4.31. The van der Waals surface area contributed by atoms with Crippen LogP contribution in [0.4, 0.5) is 10.2 Å². The number of nitrogens with zero attached hydrogens (tertiary/aromatic N) is 6. The van der Waals surface area contributed by atoms with Gasteiger partial charge in [-0.05, 0) is 50.1 Å². The molecule has 0 saturated carbocycles. The van der Waals surface area contributed by atoms with Crippen molar-refractivity contribution >= 4 is 16.7 Å². The van der Waals surface area contributed by atoms with E-state index in [9.17, 15) is 0 Å². The van der Waals surface area contributed by atoms with Crippen LogP contribution in [0.3, 0.4) is 0 Å². The second-order valence-electron chi connectivity index (χ2n) is 10.1. The van der Waals surface area contributed by atoms with Gasteiger partial charge in [-0.2, -0.15) is 15.1 Å². The van der Waals surface area contributed by atoms with Crippen molar-refractivity contribution in [1.82, 2.24) is 24.6 Å². The van der Waals surface area contributed by atoms with Crippen LogP contribution >= 0.6 is 0 Å². The van der Waals surface area contributed by atoms with Gasteiger partial charge >= 0.3 is 6.01 Å². The van der Waals surface area contributed by atoms with E-state index < -0.39 is 6.17 Å². The number of benzene rings is 1. The molecule has 0 N–H and O–H groups in total. The summed E-state index contributed by atoms with van der Waals surface area (Å²) in [6.07, 6.45) is 1.83. The van der Waals surface area contributed by atoms with E-state index in [-0.39, 0.29) is 18.0 Å². The smallest absolute Gasteiger partial charge is 0.320 e. The Morgan fingerprint density at radius 1 is 1.08 bits per heavy atom. The van der Waals surface area contributed by atoms with Crippen LogP contribution in [-0.2, 0) is 9.47 Å². The molecule has 0 bridgehead atoms. The monoisotopic (exact) mass is 496 g/mol. The van der Waals surface area contributed by atoms with Gasteiger partial charge in [0.25, 0.3) is 0 Å². The van der Waals surface area contributed by atoms with E-state index in [1.165, 1.54) is 0 Å². The Bertz CT molecular complexity index is 1250. The Morgan fingerprint density at radius 2 is 1.92 bits per heavy atom. The number of hydrogen-bond acceptors (Lipinski definition) is 8. The van der Waals surface area contributed by atoms with Gasteiger partial charge in [0, 0.05) is 37.0 Å². The van der Waals surface area contributed by atoms with E-state index in [1.807, 2.05) is 16.9 Å². The first-order chi connectivity index (χ1) is 17.5. The van der Waals surface area contributed by atoms with Gasteiger partial charge in [0.15, 0.2) is 5.82 Å². The van der Waals surface area contributed by atoms with Crippen LogP contribution < -0.4 is 9.64 Å². The Morgan fingerprint density at radius 3 is 2.64 bits per heavy atom. The minimum absolute atomic E-state index is 0.121. The summed E-state index contributed by atoms with van der Waals surface area (Å²) in [6, 6.07) is 6.79. The number of ether oxygens (including phenoxy) is 3. The fourth-order valence-corrected chi connectivity index (χ4v) is 5.62. The molecule has 3 fully saturated rings. The zero-order valence-corrected chi connectivity index (χ0v) is 21.1. The quantitative estimate of drug-likeness (QED) is 0.534. The molecular formula is C26H33FN6O3. The number of anilines is 1. The summed E-state index contributed by atoms with van der Waals surface area (Å²) in [7, 11) is 1.57. The maximum atomic E-state index is 15.5. The summed E-state index contributed by atoms with van der Waals surface area (Å²) in [5.41, 5.74) is 3.04. The normalized spacial score (nSPS) is 25.8. The van der Waals surface area contributed by atoms with Crippen LogP contribution in [0.2, 0.25) is 0 Å². The number of methoxy groups -OCH3 is 1. The lowest BCUT2D eigenvalue weighted by atomic mass is 9.84. The van der Waals surface area contributed by atoms with Crippen molar-refractivity contribution in [2.75, 3.05) is 58.0 Å². The summed E-state index contributed by atoms with van der Waals surface area (Å²) in [6.45, 7) is 9.04. The minimum atomic E-state index is -0.916. The molecule has 2 aromatic heterocycles. The fourth-order valence-electron chi connectivity index (χ4n) is 5.62. The van der Waals surface area contributed by atoms with Crippen molar-refractivity contribution in [2.24, 2.45) is 0 Å². The molecule has 1 aromatic carbocycles. The van der Waals surface area contributed by atoms with Gasteiger partial charge < -0.3 is 19.1 Å². The third-order valence-corrected chi connectivity index (χ3v) is 7.71. The van der Waals surface area contributed by atoms with Crippen LogP contribution in [0.25, 0.3) is 16.7 Å². The Labute approximate surface area is 210 Å². The molecule has 6 rings (SSSR count). The number of likely N-dealkylation sites (tertiary alicyclic amines) is 1. The summed E-state index contributed by atoms with van der Waals surface area (Å²) < 4.78 is 33.7. The van der Waals surface area contributed by atoms with Crippen LogP contribution in [0, 0.1) is 6.92 Å². The van der Waals surface area contributed by atoms with Crippen molar-refractivity contribution in [3.63, 3.8) is 0 Å². The highest BCUT2D eigenvalue weighted by molar-refractivity contribution is 5.82. The molecule has 0 unspecified atom stereocenters. The number of aromatic nitrogens is 4. The first-order valence-electron chi connectivity index (χ1n) is 12.7. The van der Waals surface area contributed by atoms with E-state index >= 15 is 4.39 Å². The molecule has 192 valence electrons. The molecule has 0 radical (unpaired) electrons. The lowest BCUT2D eigenvalue weighted by Gasteiger charge is -2.43. The van der Waals surface area contributed by atoms with Crippen molar-refractivity contribution in [3.8, 4) is 11.8 Å². The number of alkyl halides is 1. The average Bonchev–Trinajstić information content (AvgIpc) is 3.25. The highest BCUT2D eigenvalue weighted by Crippen LogP contribution is 2.36. The first kappa shape index (κ1) is 23.6. The second kappa shape index (κ2) is 9.57. The van der Waals surface area contributed by atoms with Crippen molar-refractivity contribution in [1.29, 1.82) is 0 Å². The zero-order valence-electron chi connectivity index (χ0n) is 21.1. The van der Waals surface area contributed by atoms with Gasteiger partial charge in [-0.15, -0.1) is 0 Å². The van der Waals surface area contributed by atoms with E-state index in [4.69, 9.17) is 14.2 Å². The van der Waals surface area contributed by atoms with E-state index in [0.29, 0.717) is 25.0 Å². The number of fused-ring (bicyclic) bond motifs is 1. The number of aryl methyl sites for hydroxylation is 1. The van der Waals surface area contributed by atoms with Crippen LogP contribution in [0.1, 0.15) is 30.4 Å². The Hall–Kier alpha value is -2.82. The maximum Gasteiger partial charge on any atom is 0.320 e. The van der Waals surface area contributed by atoms with Crippen molar-refractivity contribution in [2.45, 2.75) is 44.5 Å². The fraction of sp³-hybridized carbons (Fsp3) is 0.577. The lowest BCUT2D eigenvalue weighted by Crippen LogP contribution is -2.54. The van der Waals surface area contributed by atoms with Gasteiger partial charge in [-0.1, -0.05) is 0 Å². The topological polar surface area (TPSA) is 77.8 Å². The van der Waals surface area contributed by atoms with Gasteiger partial charge in [0.05, 0.1) is 50.8 Å². The summed E-state index contributed by atoms with van der Waals surface area (Å²) in [5, 5.41) is 5.65.